The van der Waals surface area contributed by atoms with Crippen molar-refractivity contribution in [3.63, 3.8) is 0 Å². The number of benzene rings is 1. The largest absolute Gasteiger partial charge is 0.481 e. The quantitative estimate of drug-likeness (QED) is 0.713. The van der Waals surface area contributed by atoms with E-state index in [4.69, 9.17) is 14.6 Å². The summed E-state index contributed by atoms with van der Waals surface area (Å²) in [6, 6.07) is 9.08. The van der Waals surface area contributed by atoms with E-state index in [-0.39, 0.29) is 6.61 Å². The lowest BCUT2D eigenvalue weighted by molar-refractivity contribution is -0.140. The summed E-state index contributed by atoms with van der Waals surface area (Å²) in [6.07, 6.45) is 0. The van der Waals surface area contributed by atoms with E-state index in [0.717, 1.165) is 5.56 Å². The molecule has 88 valence electrons. The molecular formula is C12H16O4. The third kappa shape index (κ3) is 4.00. The molecule has 0 amide bonds. The molecule has 0 bridgehead atoms. The van der Waals surface area contributed by atoms with Crippen LogP contribution in [0.4, 0.5) is 0 Å². The molecular weight excluding hydrogens is 208 g/mol. The number of ether oxygens (including phenoxy) is 2. The molecule has 16 heavy (non-hydrogen) atoms. The minimum atomic E-state index is -0.872. The van der Waals surface area contributed by atoms with Crippen LogP contribution in [0.5, 0.6) is 0 Å². The Labute approximate surface area is 94.8 Å². The van der Waals surface area contributed by atoms with Gasteiger partial charge in [-0.3, -0.25) is 4.79 Å². The highest BCUT2D eigenvalue weighted by Crippen LogP contribution is 2.15. The normalized spacial score (nSPS) is 12.3. The lowest BCUT2D eigenvalue weighted by Gasteiger charge is -2.12. The standard InChI is InChI=1S/C12H16O4/c1-15-7-8-16-9-11(12(13)14)10-5-3-2-4-6-10/h2-6,11H,7-9H2,1H3,(H,13,14). The summed E-state index contributed by atoms with van der Waals surface area (Å²) < 4.78 is 10.1. The summed E-state index contributed by atoms with van der Waals surface area (Å²) in [5, 5.41) is 9.07. The van der Waals surface area contributed by atoms with E-state index in [2.05, 4.69) is 0 Å². The van der Waals surface area contributed by atoms with Crippen LogP contribution in [0.1, 0.15) is 11.5 Å². The number of carboxylic acid groups (broad SMARTS) is 1. The predicted molar refractivity (Wildman–Crippen MR) is 59.5 cm³/mol. The monoisotopic (exact) mass is 224 g/mol. The van der Waals surface area contributed by atoms with Gasteiger partial charge in [0.15, 0.2) is 0 Å². The molecule has 4 heteroatoms. The first-order valence-electron chi connectivity index (χ1n) is 5.10. The Morgan fingerprint density at radius 3 is 2.56 bits per heavy atom. The van der Waals surface area contributed by atoms with Crippen molar-refractivity contribution in [2.24, 2.45) is 0 Å². The fraction of sp³-hybridized carbons (Fsp3) is 0.417. The van der Waals surface area contributed by atoms with Crippen LogP contribution in [0, 0.1) is 0 Å². The predicted octanol–water partition coefficient (Wildman–Crippen LogP) is 1.52. The molecule has 0 aromatic heterocycles. The van der Waals surface area contributed by atoms with Gasteiger partial charge >= 0.3 is 5.97 Å². The van der Waals surface area contributed by atoms with Crippen LogP contribution in [-0.2, 0) is 14.3 Å². The summed E-state index contributed by atoms with van der Waals surface area (Å²) in [5.74, 6) is -1.48. The molecule has 0 aliphatic rings. The highest BCUT2D eigenvalue weighted by atomic mass is 16.5. The van der Waals surface area contributed by atoms with Gasteiger partial charge in [0.2, 0.25) is 0 Å². The SMILES string of the molecule is COCCOCC(C(=O)O)c1ccccc1. The highest BCUT2D eigenvalue weighted by Gasteiger charge is 2.19. The Balaban J connectivity index is 2.52. The van der Waals surface area contributed by atoms with Crippen molar-refractivity contribution < 1.29 is 19.4 Å². The summed E-state index contributed by atoms with van der Waals surface area (Å²) in [7, 11) is 1.58. The van der Waals surface area contributed by atoms with Gasteiger partial charge in [-0.15, -0.1) is 0 Å². The third-order valence-electron chi connectivity index (χ3n) is 2.22. The van der Waals surface area contributed by atoms with Gasteiger partial charge in [0.05, 0.1) is 19.8 Å². The van der Waals surface area contributed by atoms with E-state index in [0.29, 0.717) is 13.2 Å². The maximum absolute atomic E-state index is 11.1. The highest BCUT2D eigenvalue weighted by molar-refractivity contribution is 5.76. The first-order chi connectivity index (χ1) is 7.75. The molecule has 0 fully saturated rings. The van der Waals surface area contributed by atoms with E-state index in [1.54, 1.807) is 19.2 Å². The molecule has 1 unspecified atom stereocenters. The summed E-state index contributed by atoms with van der Waals surface area (Å²) in [6.45, 7) is 1.05. The molecule has 1 atom stereocenters. The van der Waals surface area contributed by atoms with Crippen molar-refractivity contribution in [2.45, 2.75) is 5.92 Å². The third-order valence-corrected chi connectivity index (χ3v) is 2.22. The van der Waals surface area contributed by atoms with Gasteiger partial charge in [0.25, 0.3) is 0 Å². The van der Waals surface area contributed by atoms with Crippen molar-refractivity contribution >= 4 is 5.97 Å². The average molecular weight is 224 g/mol. The van der Waals surface area contributed by atoms with Crippen molar-refractivity contribution in [3.8, 4) is 0 Å². The van der Waals surface area contributed by atoms with Crippen molar-refractivity contribution in [1.29, 1.82) is 0 Å². The first-order valence-corrected chi connectivity index (χ1v) is 5.10. The van der Waals surface area contributed by atoms with Gasteiger partial charge in [-0.2, -0.15) is 0 Å². The topological polar surface area (TPSA) is 55.8 Å². The zero-order valence-corrected chi connectivity index (χ0v) is 9.26. The molecule has 1 rings (SSSR count). The Morgan fingerprint density at radius 1 is 1.31 bits per heavy atom. The van der Waals surface area contributed by atoms with E-state index >= 15 is 0 Å². The number of aliphatic carboxylic acids is 1. The van der Waals surface area contributed by atoms with Gasteiger partial charge in [0, 0.05) is 7.11 Å². The van der Waals surface area contributed by atoms with Gasteiger partial charge in [-0.25, -0.2) is 0 Å². The Hall–Kier alpha value is -1.39. The van der Waals surface area contributed by atoms with Crippen LogP contribution in [-0.4, -0.2) is 38.0 Å². The molecule has 1 aromatic carbocycles. The van der Waals surface area contributed by atoms with Crippen molar-refractivity contribution in [2.75, 3.05) is 26.9 Å². The van der Waals surface area contributed by atoms with E-state index in [1.807, 2.05) is 18.2 Å². The van der Waals surface area contributed by atoms with Crippen LogP contribution < -0.4 is 0 Å². The molecule has 0 spiro atoms. The number of methoxy groups -OCH3 is 1. The maximum atomic E-state index is 11.1. The molecule has 0 aliphatic carbocycles. The second kappa shape index (κ2) is 6.98. The van der Waals surface area contributed by atoms with Crippen LogP contribution in [0.15, 0.2) is 30.3 Å². The summed E-state index contributed by atoms with van der Waals surface area (Å²) in [4.78, 5) is 11.1. The zero-order valence-electron chi connectivity index (χ0n) is 9.26. The molecule has 4 nitrogen and oxygen atoms in total. The molecule has 1 aromatic rings. The fourth-order valence-electron chi connectivity index (χ4n) is 1.34. The van der Waals surface area contributed by atoms with Gasteiger partial charge < -0.3 is 14.6 Å². The molecule has 0 saturated heterocycles. The summed E-state index contributed by atoms with van der Waals surface area (Å²) >= 11 is 0. The van der Waals surface area contributed by atoms with Crippen LogP contribution in [0.2, 0.25) is 0 Å². The lowest BCUT2D eigenvalue weighted by atomic mass is 10.0. The van der Waals surface area contributed by atoms with Crippen molar-refractivity contribution in [3.05, 3.63) is 35.9 Å². The minimum absolute atomic E-state index is 0.169. The Bertz CT molecular complexity index is 310. The fourth-order valence-corrected chi connectivity index (χ4v) is 1.34. The lowest BCUT2D eigenvalue weighted by Crippen LogP contribution is -2.19. The molecule has 0 heterocycles. The van der Waals surface area contributed by atoms with Gasteiger partial charge in [-0.1, -0.05) is 30.3 Å². The number of hydrogen-bond acceptors (Lipinski definition) is 3. The van der Waals surface area contributed by atoms with Gasteiger partial charge in [0.1, 0.15) is 5.92 Å². The van der Waals surface area contributed by atoms with E-state index in [9.17, 15) is 4.79 Å². The molecule has 0 saturated carbocycles. The number of rotatable bonds is 7. The average Bonchev–Trinajstić information content (AvgIpc) is 2.30. The van der Waals surface area contributed by atoms with Crippen LogP contribution in [0.25, 0.3) is 0 Å². The molecule has 0 aliphatic heterocycles. The first kappa shape index (κ1) is 12.7. The number of hydrogen-bond donors (Lipinski definition) is 1. The maximum Gasteiger partial charge on any atom is 0.313 e. The number of carboxylic acids is 1. The van der Waals surface area contributed by atoms with Crippen molar-refractivity contribution in [1.82, 2.24) is 0 Å². The summed E-state index contributed by atoms with van der Waals surface area (Å²) in [5.41, 5.74) is 0.757. The Kier molecular flexibility index (Phi) is 5.53. The second-order valence-electron chi connectivity index (χ2n) is 3.37. The minimum Gasteiger partial charge on any atom is -0.481 e. The van der Waals surface area contributed by atoms with Crippen LogP contribution >= 0.6 is 0 Å². The van der Waals surface area contributed by atoms with E-state index < -0.39 is 11.9 Å². The smallest absolute Gasteiger partial charge is 0.313 e. The zero-order chi connectivity index (χ0) is 11.8. The van der Waals surface area contributed by atoms with E-state index in [1.165, 1.54) is 0 Å². The Morgan fingerprint density at radius 2 is 2.00 bits per heavy atom. The second-order valence-corrected chi connectivity index (χ2v) is 3.37. The molecule has 1 N–H and O–H groups in total. The van der Waals surface area contributed by atoms with Gasteiger partial charge in [-0.05, 0) is 5.56 Å². The molecule has 0 radical (unpaired) electrons. The van der Waals surface area contributed by atoms with Crippen LogP contribution in [0.3, 0.4) is 0 Å². The number of carbonyl (C=O) groups is 1.